The van der Waals surface area contributed by atoms with Crippen molar-refractivity contribution < 1.29 is 19.1 Å². The summed E-state index contributed by atoms with van der Waals surface area (Å²) >= 11 is 0. The van der Waals surface area contributed by atoms with Gasteiger partial charge in [-0.05, 0) is 30.4 Å². The lowest BCUT2D eigenvalue weighted by Crippen LogP contribution is -2.09. The molecule has 0 radical (unpaired) electrons. The number of aromatic hydroxyl groups is 1. The molecule has 22 heavy (non-hydrogen) atoms. The smallest absolute Gasteiger partial charge is 0.336 e. The summed E-state index contributed by atoms with van der Waals surface area (Å²) < 4.78 is 10.4. The topological polar surface area (TPSA) is 76.7 Å². The molecule has 0 amide bonds. The molecule has 5 nitrogen and oxygen atoms in total. The number of phenols is 1. The van der Waals surface area contributed by atoms with Crippen molar-refractivity contribution in [3.05, 3.63) is 39.7 Å². The van der Waals surface area contributed by atoms with Gasteiger partial charge in [-0.15, -0.1) is 0 Å². The molecule has 1 aliphatic carbocycles. The van der Waals surface area contributed by atoms with E-state index in [9.17, 15) is 14.7 Å². The van der Waals surface area contributed by atoms with Crippen molar-refractivity contribution in [3.63, 3.8) is 0 Å². The minimum absolute atomic E-state index is 0.0124. The highest BCUT2D eigenvalue weighted by Gasteiger charge is 2.40. The fourth-order valence-electron chi connectivity index (χ4n) is 2.62. The van der Waals surface area contributed by atoms with E-state index in [1.54, 1.807) is 6.07 Å². The van der Waals surface area contributed by atoms with Gasteiger partial charge in [-0.25, -0.2) is 4.79 Å². The second-order valence-corrected chi connectivity index (χ2v) is 5.85. The average Bonchev–Trinajstić information content (AvgIpc) is 3.20. The summed E-state index contributed by atoms with van der Waals surface area (Å²) in [7, 11) is 0. The molecule has 0 aliphatic heterocycles. The largest absolute Gasteiger partial charge is 0.508 e. The first kappa shape index (κ1) is 14.6. The van der Waals surface area contributed by atoms with Crippen LogP contribution in [0.5, 0.6) is 5.75 Å². The van der Waals surface area contributed by atoms with Gasteiger partial charge in [0.15, 0.2) is 0 Å². The first-order valence-electron chi connectivity index (χ1n) is 7.45. The van der Waals surface area contributed by atoms with Crippen LogP contribution < -0.4 is 5.63 Å². The summed E-state index contributed by atoms with van der Waals surface area (Å²) in [5, 5.41) is 10.6. The molecule has 5 heteroatoms. The number of rotatable bonds is 4. The Kier molecular flexibility index (Phi) is 3.64. The minimum atomic E-state index is -0.526. The standard InChI is InChI=1S/C17H18O5/c1-3-10-5-13-11(8-21-17(20)12-4-9(12)2)6-16(19)22-15(13)7-14(10)18/h5-7,9,12,18H,3-4,8H2,1-2H3/t9-,12-/m0/s1. The third kappa shape index (κ3) is 2.71. The Balaban J connectivity index is 1.93. The van der Waals surface area contributed by atoms with Gasteiger partial charge in [-0.3, -0.25) is 4.79 Å². The Bertz CT molecular complexity index is 789. The maximum Gasteiger partial charge on any atom is 0.336 e. The van der Waals surface area contributed by atoms with Gasteiger partial charge in [-0.1, -0.05) is 13.8 Å². The zero-order valence-corrected chi connectivity index (χ0v) is 12.6. The monoisotopic (exact) mass is 302 g/mol. The van der Waals surface area contributed by atoms with Crippen LogP contribution in [0.15, 0.2) is 27.4 Å². The Morgan fingerprint density at radius 1 is 1.36 bits per heavy atom. The molecular formula is C17H18O5. The van der Waals surface area contributed by atoms with Gasteiger partial charge in [-0.2, -0.15) is 0 Å². The maximum absolute atomic E-state index is 11.8. The van der Waals surface area contributed by atoms with Gasteiger partial charge in [0.05, 0.1) is 5.92 Å². The molecule has 1 saturated carbocycles. The van der Waals surface area contributed by atoms with E-state index >= 15 is 0 Å². The first-order chi connectivity index (χ1) is 10.5. The molecule has 1 fully saturated rings. The van der Waals surface area contributed by atoms with E-state index in [-0.39, 0.29) is 24.2 Å². The summed E-state index contributed by atoms with van der Waals surface area (Å²) in [5.74, 6) is 0.248. The molecule has 1 aromatic heterocycles. The van der Waals surface area contributed by atoms with Crippen molar-refractivity contribution in [1.82, 2.24) is 0 Å². The average molecular weight is 302 g/mol. The van der Waals surface area contributed by atoms with Crippen molar-refractivity contribution in [1.29, 1.82) is 0 Å². The fourth-order valence-corrected chi connectivity index (χ4v) is 2.62. The van der Waals surface area contributed by atoms with Crippen LogP contribution in [0.25, 0.3) is 11.0 Å². The summed E-state index contributed by atoms with van der Waals surface area (Å²) in [5.41, 5.74) is 1.13. The van der Waals surface area contributed by atoms with Gasteiger partial charge in [0.2, 0.25) is 0 Å². The maximum atomic E-state index is 11.8. The number of esters is 1. The molecule has 2 atom stereocenters. The van der Waals surface area contributed by atoms with Crippen molar-refractivity contribution in [2.45, 2.75) is 33.3 Å². The second-order valence-electron chi connectivity index (χ2n) is 5.85. The van der Waals surface area contributed by atoms with Gasteiger partial charge in [0.25, 0.3) is 0 Å². The predicted octanol–water partition coefficient (Wildman–Crippen LogP) is 2.76. The Labute approximate surface area is 127 Å². The van der Waals surface area contributed by atoms with E-state index in [1.807, 2.05) is 13.8 Å². The predicted molar refractivity (Wildman–Crippen MR) is 80.6 cm³/mol. The number of aryl methyl sites for hydroxylation is 1. The number of fused-ring (bicyclic) bond motifs is 1. The summed E-state index contributed by atoms with van der Waals surface area (Å²) in [6, 6.07) is 4.54. The van der Waals surface area contributed by atoms with Gasteiger partial charge in [0.1, 0.15) is 17.9 Å². The zero-order valence-electron chi connectivity index (χ0n) is 12.6. The lowest BCUT2D eigenvalue weighted by Gasteiger charge is -2.09. The number of carbonyl (C=O) groups is 1. The molecule has 0 unspecified atom stereocenters. The summed E-state index contributed by atoms with van der Waals surface area (Å²) in [4.78, 5) is 23.4. The molecule has 1 heterocycles. The van der Waals surface area contributed by atoms with E-state index in [1.165, 1.54) is 12.1 Å². The molecule has 1 N–H and O–H groups in total. The molecule has 1 aliphatic rings. The van der Waals surface area contributed by atoms with Crippen molar-refractivity contribution in [2.75, 3.05) is 0 Å². The number of phenolic OH excluding ortho intramolecular Hbond substituents is 1. The number of ether oxygens (including phenoxy) is 1. The minimum Gasteiger partial charge on any atom is -0.508 e. The molecule has 1 aromatic carbocycles. The van der Waals surface area contributed by atoms with Crippen LogP contribution in [0.4, 0.5) is 0 Å². The van der Waals surface area contributed by atoms with Crippen LogP contribution in [0, 0.1) is 11.8 Å². The molecule has 0 bridgehead atoms. The van der Waals surface area contributed by atoms with Crippen LogP contribution in [-0.4, -0.2) is 11.1 Å². The van der Waals surface area contributed by atoms with Crippen LogP contribution >= 0.6 is 0 Å². The van der Waals surface area contributed by atoms with Gasteiger partial charge in [0, 0.05) is 23.1 Å². The molecule has 0 spiro atoms. The second kappa shape index (κ2) is 5.48. The molecule has 0 saturated heterocycles. The zero-order chi connectivity index (χ0) is 15.9. The van der Waals surface area contributed by atoms with Crippen LogP contribution in [0.2, 0.25) is 0 Å². The van der Waals surface area contributed by atoms with E-state index in [4.69, 9.17) is 9.15 Å². The SMILES string of the molecule is CCc1cc2c(COC(=O)[C@H]3C[C@@H]3C)cc(=O)oc2cc1O. The molecule has 3 rings (SSSR count). The molecule has 116 valence electrons. The highest BCUT2D eigenvalue weighted by atomic mass is 16.5. The van der Waals surface area contributed by atoms with Crippen molar-refractivity contribution >= 4 is 16.9 Å². The van der Waals surface area contributed by atoms with Crippen molar-refractivity contribution in [3.8, 4) is 5.75 Å². The van der Waals surface area contributed by atoms with E-state index in [2.05, 4.69) is 0 Å². The van der Waals surface area contributed by atoms with Gasteiger partial charge < -0.3 is 14.3 Å². The van der Waals surface area contributed by atoms with E-state index < -0.39 is 5.63 Å². The summed E-state index contributed by atoms with van der Waals surface area (Å²) in [6.07, 6.45) is 1.52. The van der Waals surface area contributed by atoms with Gasteiger partial charge >= 0.3 is 11.6 Å². The van der Waals surface area contributed by atoms with Crippen LogP contribution in [0.1, 0.15) is 31.4 Å². The van der Waals surface area contributed by atoms with E-state index in [0.29, 0.717) is 28.9 Å². The first-order valence-corrected chi connectivity index (χ1v) is 7.45. The highest BCUT2D eigenvalue weighted by Crippen LogP contribution is 2.38. The Morgan fingerprint density at radius 2 is 2.09 bits per heavy atom. The third-order valence-corrected chi connectivity index (χ3v) is 4.19. The normalized spacial score (nSPS) is 20.1. The molecule has 2 aromatic rings. The van der Waals surface area contributed by atoms with Crippen LogP contribution in [-0.2, 0) is 22.6 Å². The number of benzene rings is 1. The fraction of sp³-hybridized carbons (Fsp3) is 0.412. The van der Waals surface area contributed by atoms with Crippen LogP contribution in [0.3, 0.4) is 0 Å². The lowest BCUT2D eigenvalue weighted by atomic mass is 10.0. The number of carbonyl (C=O) groups excluding carboxylic acids is 1. The van der Waals surface area contributed by atoms with Crippen molar-refractivity contribution in [2.24, 2.45) is 11.8 Å². The lowest BCUT2D eigenvalue weighted by molar-refractivity contribution is -0.146. The third-order valence-electron chi connectivity index (χ3n) is 4.19. The summed E-state index contributed by atoms with van der Waals surface area (Å²) in [6.45, 7) is 3.97. The quantitative estimate of drug-likeness (QED) is 0.694. The highest BCUT2D eigenvalue weighted by molar-refractivity contribution is 5.83. The molecular weight excluding hydrogens is 284 g/mol. The Morgan fingerprint density at radius 3 is 2.73 bits per heavy atom. The number of hydrogen-bond acceptors (Lipinski definition) is 5. The number of hydrogen-bond donors (Lipinski definition) is 1. The Hall–Kier alpha value is -2.30. The van der Waals surface area contributed by atoms with E-state index in [0.717, 1.165) is 12.0 Å².